The largest absolute Gasteiger partial charge is 0.481 e. The molecule has 0 saturated heterocycles. The van der Waals surface area contributed by atoms with Crippen LogP contribution in [-0.2, 0) is 71.9 Å². The molecule has 0 fully saturated rings. The van der Waals surface area contributed by atoms with Gasteiger partial charge in [0.25, 0.3) is 0 Å². The smallest absolute Gasteiger partial charge is 0.309 e. The van der Waals surface area contributed by atoms with Crippen molar-refractivity contribution >= 4 is 89.5 Å². The Balaban J connectivity index is 8.03. The van der Waals surface area contributed by atoms with Crippen molar-refractivity contribution in [1.29, 1.82) is 0 Å². The van der Waals surface area contributed by atoms with Gasteiger partial charge in [0.05, 0.1) is 81.7 Å². The Labute approximate surface area is 538 Å². The molecule has 0 aliphatic rings. The van der Waals surface area contributed by atoms with E-state index >= 15 is 0 Å². The molecule has 30 nitrogen and oxygen atoms in total. The van der Waals surface area contributed by atoms with Crippen molar-refractivity contribution in [2.75, 3.05) is 0 Å². The quantitative estimate of drug-likeness (QED) is 0.0271. The molecule has 0 amide bonds. The van der Waals surface area contributed by atoms with E-state index in [1.807, 2.05) is 0 Å². The lowest BCUT2D eigenvalue weighted by Gasteiger charge is -2.46. The molecule has 15 N–H and O–H groups in total. The van der Waals surface area contributed by atoms with E-state index in [1.54, 1.807) is 6.92 Å². The summed E-state index contributed by atoms with van der Waals surface area (Å²) in [6.07, 6.45) is -14.8. The Morgan fingerprint density at radius 3 is 0.462 bits per heavy atom. The standard InChI is InChI=1S/C63H98O30/c1-18-34(3)63(17,49(92)93)32-62(16,48(90)91)31-61(15,47(88)89)30-60(14,46(86)87)29-59(13,45(84)85)28-58(12,44(82)83)27-57(11,43(80)81)26-56(10,42(78)79)25-55(9,41(76)77)24-54(8,40(74)75)23-53(7,39(72)73)22-52(6,38(70)71)21-51(5,37(68)69)20-50(4,36(66)67)19-33(2)35(64)65/h33-34H,18-32H2,1-17H3,(H,64,65)(H,66,67)(H,68,69)(H,70,71)(H,72,73)(H,74,75)(H,76,77)(H,78,79)(H,80,81)(H,82,83)(H,84,85)(H,86,87)(H,88,89)(H,90,91)(H,92,93). The van der Waals surface area contributed by atoms with Gasteiger partial charge in [-0.2, -0.15) is 0 Å². The van der Waals surface area contributed by atoms with E-state index in [1.165, 1.54) is 13.8 Å². The molecule has 0 heterocycles. The zero-order chi connectivity index (χ0) is 74.4. The van der Waals surface area contributed by atoms with E-state index in [0.29, 0.717) is 0 Å². The molecule has 16 unspecified atom stereocenters. The number of hydrogen-bond acceptors (Lipinski definition) is 15. The first-order valence-corrected chi connectivity index (χ1v) is 29.7. The van der Waals surface area contributed by atoms with Crippen molar-refractivity contribution in [3.8, 4) is 0 Å². The van der Waals surface area contributed by atoms with Gasteiger partial charge in [-0.3, -0.25) is 71.9 Å². The van der Waals surface area contributed by atoms with Crippen LogP contribution < -0.4 is 0 Å². The number of hydrogen-bond donors (Lipinski definition) is 15. The lowest BCUT2D eigenvalue weighted by atomic mass is 9.55. The zero-order valence-electron chi connectivity index (χ0n) is 56.1. The van der Waals surface area contributed by atoms with Gasteiger partial charge in [-0.15, -0.1) is 0 Å². The maximum atomic E-state index is 13.6. The van der Waals surface area contributed by atoms with Crippen molar-refractivity contribution < 1.29 is 149 Å². The fourth-order valence-corrected chi connectivity index (χ4v) is 15.6. The summed E-state index contributed by atoms with van der Waals surface area (Å²) in [5.41, 5.74) is -34.7. The molecular weight excluding hydrogens is 1240 g/mol. The molecule has 0 rings (SSSR count). The average Bonchev–Trinajstić information content (AvgIpc) is 0.816. The van der Waals surface area contributed by atoms with Crippen LogP contribution in [0, 0.1) is 87.6 Å². The molecule has 0 bridgehead atoms. The van der Waals surface area contributed by atoms with E-state index in [2.05, 4.69) is 0 Å². The summed E-state index contributed by atoms with van der Waals surface area (Å²) in [6.45, 7) is 17.3. The van der Waals surface area contributed by atoms with Gasteiger partial charge in [-0.1, -0.05) is 27.2 Å². The minimum Gasteiger partial charge on any atom is -0.481 e. The Morgan fingerprint density at radius 1 is 0.226 bits per heavy atom. The van der Waals surface area contributed by atoms with E-state index in [0.717, 1.165) is 96.9 Å². The molecule has 0 aromatic carbocycles. The van der Waals surface area contributed by atoms with Gasteiger partial charge < -0.3 is 76.6 Å². The topological polar surface area (TPSA) is 560 Å². The second-order valence-corrected chi connectivity index (χ2v) is 31.0. The predicted octanol–water partition coefficient (Wildman–Crippen LogP) is 8.49. The molecule has 530 valence electrons. The second-order valence-electron chi connectivity index (χ2n) is 31.0. The van der Waals surface area contributed by atoms with Crippen molar-refractivity contribution in [3.05, 3.63) is 0 Å². The summed E-state index contributed by atoms with van der Waals surface area (Å²) in [5.74, 6) is -29.2. The van der Waals surface area contributed by atoms with Crippen LogP contribution in [0.5, 0.6) is 0 Å². The van der Waals surface area contributed by atoms with Crippen LogP contribution in [-0.4, -0.2) is 166 Å². The van der Waals surface area contributed by atoms with Crippen LogP contribution in [0.2, 0.25) is 0 Å². The van der Waals surface area contributed by atoms with Gasteiger partial charge in [0, 0.05) is 0 Å². The second kappa shape index (κ2) is 28.7. The summed E-state index contributed by atoms with van der Waals surface area (Å²) in [4.78, 5) is 198. The predicted molar refractivity (Wildman–Crippen MR) is 321 cm³/mol. The highest BCUT2D eigenvalue weighted by atomic mass is 16.4. The molecule has 0 aliphatic carbocycles. The summed E-state index contributed by atoms with van der Waals surface area (Å²) in [5, 5.41) is 160. The number of carboxylic acids is 15. The van der Waals surface area contributed by atoms with Gasteiger partial charge in [0.2, 0.25) is 0 Å². The van der Waals surface area contributed by atoms with Crippen LogP contribution >= 0.6 is 0 Å². The summed E-state index contributed by atoms with van der Waals surface area (Å²) in [6, 6.07) is 0. The number of aliphatic carboxylic acids is 15. The molecular formula is C63H98O30. The fourth-order valence-electron chi connectivity index (χ4n) is 15.6. The first-order chi connectivity index (χ1) is 41.2. The Kier molecular flexibility index (Phi) is 26.3. The summed E-state index contributed by atoms with van der Waals surface area (Å²) < 4.78 is 0. The molecule has 0 radical (unpaired) electrons. The van der Waals surface area contributed by atoms with Gasteiger partial charge in [0.1, 0.15) is 0 Å². The monoisotopic (exact) mass is 1330 g/mol. The highest BCUT2D eigenvalue weighted by Gasteiger charge is 2.62. The highest BCUT2D eigenvalue weighted by molar-refractivity contribution is 5.87. The third-order valence-electron chi connectivity index (χ3n) is 20.2. The zero-order valence-corrected chi connectivity index (χ0v) is 56.1. The Hall–Kier alpha value is -7.95. The van der Waals surface area contributed by atoms with E-state index < -0.39 is 267 Å². The summed E-state index contributed by atoms with van der Waals surface area (Å²) in [7, 11) is 0. The van der Waals surface area contributed by atoms with E-state index in [9.17, 15) is 149 Å². The number of carboxylic acid groups (broad SMARTS) is 15. The normalized spacial score (nSPS) is 21.6. The van der Waals surface area contributed by atoms with Gasteiger partial charge >= 0.3 is 89.5 Å². The van der Waals surface area contributed by atoms with Crippen LogP contribution in [0.25, 0.3) is 0 Å². The first-order valence-electron chi connectivity index (χ1n) is 29.7. The molecule has 0 aromatic rings. The van der Waals surface area contributed by atoms with Gasteiger partial charge in [-0.05, 0) is 193 Å². The third-order valence-corrected chi connectivity index (χ3v) is 20.2. The van der Waals surface area contributed by atoms with E-state index in [-0.39, 0.29) is 6.42 Å². The SMILES string of the molecule is CCC(C)C(C)(CC(C)(CC(C)(CC(C)(CC(C)(CC(C)(CC(C)(CC(C)(CC(C)(CC(C)(CC(C)(CC(C)(CC(C)(CC(C)(CC(C)C(=O)O)C(=O)O)C(=O)O)C(=O)O)C(=O)O)C(=O)O)C(=O)O)C(=O)O)C(=O)O)C(=O)O)C(=O)O)C(=O)O)C(=O)O)C(=O)O)C(=O)O. The molecule has 16 atom stereocenters. The van der Waals surface area contributed by atoms with E-state index in [4.69, 9.17) is 0 Å². The minimum absolute atomic E-state index is 0.239. The van der Waals surface area contributed by atoms with Crippen molar-refractivity contribution in [2.45, 2.75) is 214 Å². The first kappa shape index (κ1) is 85.0. The maximum absolute atomic E-state index is 13.6. The number of rotatable bonds is 45. The molecule has 30 heteroatoms. The highest BCUT2D eigenvalue weighted by Crippen LogP contribution is 2.58. The molecule has 0 spiro atoms. The lowest BCUT2D eigenvalue weighted by Crippen LogP contribution is -2.51. The maximum Gasteiger partial charge on any atom is 0.309 e. The van der Waals surface area contributed by atoms with Crippen LogP contribution in [0.3, 0.4) is 0 Å². The van der Waals surface area contributed by atoms with Crippen LogP contribution in [0.15, 0.2) is 0 Å². The molecule has 0 aromatic heterocycles. The average molecular weight is 1340 g/mol. The Bertz CT molecular complexity index is 2990. The molecule has 0 aliphatic heterocycles. The summed E-state index contributed by atoms with van der Waals surface area (Å²) >= 11 is 0. The molecule has 0 saturated carbocycles. The van der Waals surface area contributed by atoms with Crippen LogP contribution in [0.4, 0.5) is 0 Å². The number of carbonyl (C=O) groups is 15. The lowest BCUT2D eigenvalue weighted by molar-refractivity contribution is -0.172. The van der Waals surface area contributed by atoms with Crippen molar-refractivity contribution in [2.24, 2.45) is 87.6 Å². The fraction of sp³-hybridized carbons (Fsp3) is 0.762. The molecule has 93 heavy (non-hydrogen) atoms. The minimum atomic E-state index is -2.70. The third kappa shape index (κ3) is 19.3. The van der Waals surface area contributed by atoms with Crippen molar-refractivity contribution in [3.63, 3.8) is 0 Å². The van der Waals surface area contributed by atoms with Gasteiger partial charge in [0.15, 0.2) is 0 Å². The van der Waals surface area contributed by atoms with Crippen LogP contribution in [0.1, 0.15) is 214 Å². The Morgan fingerprint density at radius 2 is 0.355 bits per heavy atom. The van der Waals surface area contributed by atoms with Crippen molar-refractivity contribution in [1.82, 2.24) is 0 Å². The van der Waals surface area contributed by atoms with Gasteiger partial charge in [-0.25, -0.2) is 0 Å².